The summed E-state index contributed by atoms with van der Waals surface area (Å²) in [5.74, 6) is -1.21. The molecule has 2 aliphatic heterocycles. The second-order valence-corrected chi connectivity index (χ2v) is 6.65. The van der Waals surface area contributed by atoms with Gasteiger partial charge in [0.15, 0.2) is 6.10 Å². The zero-order chi connectivity index (χ0) is 14.8. The van der Waals surface area contributed by atoms with Gasteiger partial charge in [-0.05, 0) is 19.8 Å². The van der Waals surface area contributed by atoms with Gasteiger partial charge in [0, 0.05) is 18.4 Å². The molecule has 0 aromatic rings. The number of hydrogen-bond donors (Lipinski definition) is 1. The first-order valence-electron chi connectivity index (χ1n) is 6.97. The summed E-state index contributed by atoms with van der Waals surface area (Å²) in [4.78, 5) is 36.1. The Morgan fingerprint density at radius 3 is 2.45 bits per heavy atom. The van der Waals surface area contributed by atoms with Crippen molar-refractivity contribution in [2.24, 2.45) is 10.8 Å². The predicted octanol–water partition coefficient (Wildman–Crippen LogP) is 0.540. The minimum Gasteiger partial charge on any atom is -0.449 e. The number of esters is 2. The Morgan fingerprint density at radius 1 is 1.30 bits per heavy atom. The number of carbonyl (C=O) groups is 3. The fraction of sp³-hybridized carbons (Fsp3) is 0.786. The maximum Gasteiger partial charge on any atom is 0.352 e. The van der Waals surface area contributed by atoms with Crippen molar-refractivity contribution in [3.8, 4) is 0 Å². The zero-order valence-corrected chi connectivity index (χ0v) is 11.9. The molecule has 6 nitrogen and oxygen atoms in total. The summed E-state index contributed by atoms with van der Waals surface area (Å²) < 4.78 is 10.8. The number of fused-ring (bicyclic) bond motifs is 2. The van der Waals surface area contributed by atoms with Gasteiger partial charge in [-0.3, -0.25) is 9.59 Å². The van der Waals surface area contributed by atoms with E-state index in [1.807, 2.05) is 20.8 Å². The van der Waals surface area contributed by atoms with E-state index < -0.39 is 28.5 Å². The van der Waals surface area contributed by atoms with Crippen LogP contribution in [0.5, 0.6) is 0 Å². The smallest absolute Gasteiger partial charge is 0.352 e. The Labute approximate surface area is 117 Å². The molecule has 0 radical (unpaired) electrons. The van der Waals surface area contributed by atoms with Crippen LogP contribution in [0.1, 0.15) is 40.0 Å². The summed E-state index contributed by atoms with van der Waals surface area (Å²) >= 11 is 0. The molecular weight excluding hydrogens is 262 g/mol. The van der Waals surface area contributed by atoms with Crippen LogP contribution in [0.2, 0.25) is 0 Å². The summed E-state index contributed by atoms with van der Waals surface area (Å²) in [5.41, 5.74) is -2.55. The van der Waals surface area contributed by atoms with Crippen LogP contribution in [0.3, 0.4) is 0 Å². The van der Waals surface area contributed by atoms with Crippen LogP contribution in [0, 0.1) is 10.8 Å². The molecule has 1 saturated carbocycles. The first-order chi connectivity index (χ1) is 9.24. The second-order valence-electron chi connectivity index (χ2n) is 6.65. The standard InChI is InChI=1S/C14H19NO5/c1-12(2)13(3)5-6-14(12,20-10(13)17)11(18)19-8-4-7-15-9(8)16/h8H,4-7H2,1-3H3,(H,15,16). The quantitative estimate of drug-likeness (QED) is 0.747. The van der Waals surface area contributed by atoms with Gasteiger partial charge in [0.05, 0.1) is 5.41 Å². The lowest BCUT2D eigenvalue weighted by atomic mass is 9.66. The van der Waals surface area contributed by atoms with Gasteiger partial charge in [0.25, 0.3) is 5.91 Å². The molecule has 110 valence electrons. The highest BCUT2D eigenvalue weighted by atomic mass is 16.6. The normalized spacial score (nSPS) is 41.5. The molecule has 3 rings (SSSR count). The topological polar surface area (TPSA) is 81.7 Å². The minimum absolute atomic E-state index is 0.280. The van der Waals surface area contributed by atoms with E-state index in [9.17, 15) is 14.4 Å². The number of hydrogen-bond acceptors (Lipinski definition) is 5. The number of rotatable bonds is 2. The maximum atomic E-state index is 12.6. The summed E-state index contributed by atoms with van der Waals surface area (Å²) in [6, 6.07) is 0. The van der Waals surface area contributed by atoms with Crippen LogP contribution in [0.4, 0.5) is 0 Å². The average Bonchev–Trinajstić information content (AvgIpc) is 2.90. The van der Waals surface area contributed by atoms with Crippen LogP contribution in [-0.4, -0.2) is 36.1 Å². The molecule has 3 unspecified atom stereocenters. The molecule has 2 heterocycles. The summed E-state index contributed by atoms with van der Waals surface area (Å²) in [6.45, 7) is 6.06. The van der Waals surface area contributed by atoms with E-state index in [0.29, 0.717) is 25.8 Å². The zero-order valence-electron chi connectivity index (χ0n) is 11.9. The minimum atomic E-state index is -1.25. The first kappa shape index (κ1) is 13.4. The van der Waals surface area contributed by atoms with E-state index >= 15 is 0 Å². The summed E-state index contributed by atoms with van der Waals surface area (Å²) in [5, 5.41) is 2.62. The van der Waals surface area contributed by atoms with Gasteiger partial charge in [-0.25, -0.2) is 4.79 Å². The molecule has 3 atom stereocenters. The largest absolute Gasteiger partial charge is 0.449 e. The molecule has 3 aliphatic rings. The monoisotopic (exact) mass is 281 g/mol. The van der Waals surface area contributed by atoms with Crippen molar-refractivity contribution in [2.45, 2.75) is 51.7 Å². The van der Waals surface area contributed by atoms with Crippen molar-refractivity contribution < 1.29 is 23.9 Å². The third-order valence-corrected chi connectivity index (χ3v) is 5.66. The van der Waals surface area contributed by atoms with Gasteiger partial charge >= 0.3 is 11.9 Å². The van der Waals surface area contributed by atoms with Crippen molar-refractivity contribution in [1.82, 2.24) is 5.32 Å². The molecule has 1 amide bonds. The highest BCUT2D eigenvalue weighted by Crippen LogP contribution is 2.65. The summed E-state index contributed by atoms with van der Waals surface area (Å²) in [6.07, 6.45) is 0.755. The second kappa shape index (κ2) is 3.74. The van der Waals surface area contributed by atoms with Crippen molar-refractivity contribution in [2.75, 3.05) is 6.54 Å². The van der Waals surface area contributed by atoms with Crippen LogP contribution in [0.15, 0.2) is 0 Å². The van der Waals surface area contributed by atoms with Gasteiger partial charge in [0.1, 0.15) is 0 Å². The molecule has 2 bridgehead atoms. The lowest BCUT2D eigenvalue weighted by Gasteiger charge is -2.34. The van der Waals surface area contributed by atoms with Crippen molar-refractivity contribution in [3.63, 3.8) is 0 Å². The molecule has 3 fully saturated rings. The molecular formula is C14H19NO5. The maximum absolute atomic E-state index is 12.6. The molecule has 0 spiro atoms. The van der Waals surface area contributed by atoms with Crippen molar-refractivity contribution >= 4 is 17.8 Å². The van der Waals surface area contributed by atoms with Crippen molar-refractivity contribution in [3.05, 3.63) is 0 Å². The van der Waals surface area contributed by atoms with Crippen LogP contribution >= 0.6 is 0 Å². The van der Waals surface area contributed by atoms with Gasteiger partial charge in [-0.1, -0.05) is 13.8 Å². The molecule has 1 N–H and O–H groups in total. The first-order valence-corrected chi connectivity index (χ1v) is 6.97. The highest BCUT2D eigenvalue weighted by molar-refractivity contribution is 5.95. The Bertz CT molecular complexity index is 514. The van der Waals surface area contributed by atoms with Gasteiger partial charge in [0.2, 0.25) is 5.60 Å². The molecule has 0 aromatic carbocycles. The van der Waals surface area contributed by atoms with Crippen LogP contribution < -0.4 is 5.32 Å². The molecule has 2 saturated heterocycles. The van der Waals surface area contributed by atoms with Gasteiger partial charge in [-0.2, -0.15) is 0 Å². The number of ether oxygens (including phenoxy) is 2. The van der Waals surface area contributed by atoms with Crippen molar-refractivity contribution in [1.29, 1.82) is 0 Å². The fourth-order valence-electron chi connectivity index (χ4n) is 3.61. The molecule has 6 heteroatoms. The molecule has 0 aromatic heterocycles. The molecule has 20 heavy (non-hydrogen) atoms. The van der Waals surface area contributed by atoms with E-state index in [4.69, 9.17) is 9.47 Å². The van der Waals surface area contributed by atoms with Gasteiger partial charge < -0.3 is 14.8 Å². The Morgan fingerprint density at radius 2 is 2.00 bits per heavy atom. The van der Waals surface area contributed by atoms with E-state index in [-0.39, 0.29) is 11.9 Å². The van der Waals surface area contributed by atoms with E-state index in [1.54, 1.807) is 0 Å². The lowest BCUT2D eigenvalue weighted by Crippen LogP contribution is -2.50. The number of amides is 1. The fourth-order valence-corrected chi connectivity index (χ4v) is 3.61. The number of nitrogens with one attached hydrogen (secondary N) is 1. The Kier molecular flexibility index (Phi) is 2.50. The predicted molar refractivity (Wildman–Crippen MR) is 67.5 cm³/mol. The Hall–Kier alpha value is -1.59. The van der Waals surface area contributed by atoms with Gasteiger partial charge in [-0.15, -0.1) is 0 Å². The van der Waals surface area contributed by atoms with Crippen LogP contribution in [0.25, 0.3) is 0 Å². The third-order valence-electron chi connectivity index (χ3n) is 5.66. The van der Waals surface area contributed by atoms with Crippen LogP contribution in [-0.2, 0) is 23.9 Å². The summed E-state index contributed by atoms with van der Waals surface area (Å²) in [7, 11) is 0. The lowest BCUT2D eigenvalue weighted by molar-refractivity contribution is -0.187. The third kappa shape index (κ3) is 1.32. The molecule has 1 aliphatic carbocycles. The van der Waals surface area contributed by atoms with E-state index in [1.165, 1.54) is 0 Å². The van der Waals surface area contributed by atoms with E-state index in [0.717, 1.165) is 0 Å². The van der Waals surface area contributed by atoms with E-state index in [2.05, 4.69) is 5.32 Å². The Balaban J connectivity index is 1.88. The SMILES string of the molecule is CC12CCC(C(=O)OC3CCNC3=O)(OC1=O)C2(C)C. The highest BCUT2D eigenvalue weighted by Gasteiger charge is 2.76. The number of carbonyl (C=O) groups excluding carboxylic acids is 3. The average molecular weight is 281 g/mol.